The van der Waals surface area contributed by atoms with E-state index in [0.29, 0.717) is 16.9 Å². The van der Waals surface area contributed by atoms with Gasteiger partial charge in [-0.15, -0.1) is 0 Å². The largest absolute Gasteiger partial charge is 0.454 e. The molecule has 1 N–H and O–H groups in total. The quantitative estimate of drug-likeness (QED) is 0.201. The average Bonchev–Trinajstić information content (AvgIpc) is 3.65. The number of pyridine rings is 1. The van der Waals surface area contributed by atoms with Crippen molar-refractivity contribution in [2.75, 3.05) is 5.32 Å². The fourth-order valence-corrected chi connectivity index (χ4v) is 4.93. The van der Waals surface area contributed by atoms with E-state index in [1.54, 1.807) is 17.6 Å². The third-order valence-corrected chi connectivity index (χ3v) is 6.91. The summed E-state index contributed by atoms with van der Waals surface area (Å²) in [6, 6.07) is 39.1. The summed E-state index contributed by atoms with van der Waals surface area (Å²) >= 11 is 0. The van der Waals surface area contributed by atoms with Gasteiger partial charge in [0, 0.05) is 33.3 Å². The first-order valence-corrected chi connectivity index (χ1v) is 15.5. The van der Waals surface area contributed by atoms with E-state index in [1.807, 2.05) is 150 Å². The van der Waals surface area contributed by atoms with E-state index < -0.39 is 0 Å². The summed E-state index contributed by atoms with van der Waals surface area (Å²) in [4.78, 5) is 12.6. The Hall–Kier alpha value is -5.80. The molecule has 3 heterocycles. The second-order valence-corrected chi connectivity index (χ2v) is 9.88. The molecule has 4 aromatic carbocycles. The first-order chi connectivity index (χ1) is 22.5. The van der Waals surface area contributed by atoms with Crippen molar-refractivity contribution in [2.45, 2.75) is 41.5 Å². The molecule has 0 unspecified atom stereocenters. The van der Waals surface area contributed by atoms with Gasteiger partial charge in [0.15, 0.2) is 11.3 Å². The number of para-hydroxylation sites is 4. The van der Waals surface area contributed by atoms with Gasteiger partial charge in [0.05, 0.1) is 11.8 Å². The normalized spacial score (nSPS) is 10.6. The van der Waals surface area contributed by atoms with Gasteiger partial charge in [0.1, 0.15) is 16.7 Å². The number of aromatic nitrogens is 1. The molecule has 0 aliphatic rings. The Morgan fingerprint density at radius 1 is 0.739 bits per heavy atom. The number of hydrogen-bond acceptors (Lipinski definition) is 5. The lowest BCUT2D eigenvalue weighted by Crippen LogP contribution is -2.20. The van der Waals surface area contributed by atoms with E-state index in [2.05, 4.69) is 11.4 Å². The summed E-state index contributed by atoms with van der Waals surface area (Å²) in [7, 11) is 0. The maximum atomic E-state index is 12.6. The Bertz CT molecular complexity index is 2160. The molecular weight excluding hydrogens is 570 g/mol. The van der Waals surface area contributed by atoms with Gasteiger partial charge in [-0.3, -0.25) is 9.36 Å². The summed E-state index contributed by atoms with van der Waals surface area (Å²) in [6.07, 6.45) is 1.76. The van der Waals surface area contributed by atoms with Crippen molar-refractivity contribution >= 4 is 50.5 Å². The maximum Gasteiger partial charge on any atom is 0.258 e. The molecule has 3 aromatic heterocycles. The monoisotopic (exact) mass is 609 g/mol. The zero-order chi connectivity index (χ0) is 33.1. The molecule has 6 heteroatoms. The van der Waals surface area contributed by atoms with Crippen molar-refractivity contribution in [3.8, 4) is 11.8 Å². The molecule has 6 nitrogen and oxygen atoms in total. The second kappa shape index (κ2) is 15.8. The van der Waals surface area contributed by atoms with Crippen LogP contribution in [-0.4, -0.2) is 4.57 Å². The lowest BCUT2D eigenvalue weighted by Gasteiger charge is -2.08. The molecule has 232 valence electrons. The summed E-state index contributed by atoms with van der Waals surface area (Å²) < 4.78 is 13.5. The van der Waals surface area contributed by atoms with Gasteiger partial charge in [0.25, 0.3) is 5.56 Å². The number of furan rings is 2. The minimum absolute atomic E-state index is 0.0137. The highest BCUT2D eigenvalue weighted by atomic mass is 16.3. The van der Waals surface area contributed by atoms with E-state index >= 15 is 0 Å². The smallest absolute Gasteiger partial charge is 0.258 e. The van der Waals surface area contributed by atoms with Gasteiger partial charge in [-0.1, -0.05) is 88.4 Å². The van der Waals surface area contributed by atoms with Crippen molar-refractivity contribution < 1.29 is 8.83 Å². The van der Waals surface area contributed by atoms with E-state index in [-0.39, 0.29) is 5.56 Å². The molecule has 0 aliphatic heterocycles. The van der Waals surface area contributed by atoms with Gasteiger partial charge in [-0.05, 0) is 74.5 Å². The van der Waals surface area contributed by atoms with Gasteiger partial charge < -0.3 is 14.2 Å². The van der Waals surface area contributed by atoms with E-state index in [9.17, 15) is 4.79 Å². The molecule has 0 saturated heterocycles. The molecular formula is C40H39N3O3. The molecule has 0 saturated carbocycles. The van der Waals surface area contributed by atoms with Crippen LogP contribution in [0.5, 0.6) is 0 Å². The van der Waals surface area contributed by atoms with Crippen LogP contribution in [0.15, 0.2) is 134 Å². The van der Waals surface area contributed by atoms with E-state index in [4.69, 9.17) is 14.1 Å². The number of nitrogens with zero attached hydrogens (tertiary/aromatic N) is 2. The first-order valence-electron chi connectivity index (χ1n) is 15.5. The van der Waals surface area contributed by atoms with Crippen LogP contribution in [0.3, 0.4) is 0 Å². The maximum absolute atomic E-state index is 12.6. The number of rotatable bonds is 4. The number of nitriles is 1. The number of aryl methyl sites for hydroxylation is 1. The predicted octanol–water partition coefficient (Wildman–Crippen LogP) is 11.2. The molecule has 7 aromatic rings. The molecule has 7 rings (SSSR count). The fraction of sp³-hybridized carbons (Fsp3) is 0.150. The summed E-state index contributed by atoms with van der Waals surface area (Å²) in [5, 5.41) is 14.3. The molecule has 0 bridgehead atoms. The number of hydrogen-bond donors (Lipinski definition) is 1. The van der Waals surface area contributed by atoms with Crippen LogP contribution in [0.1, 0.15) is 45.9 Å². The predicted molar refractivity (Wildman–Crippen MR) is 192 cm³/mol. The zero-order valence-corrected chi connectivity index (χ0v) is 27.2. The number of anilines is 2. The molecule has 0 radical (unpaired) electrons. The van der Waals surface area contributed by atoms with Crippen LogP contribution in [0.4, 0.5) is 11.4 Å². The molecule has 0 aliphatic carbocycles. The Labute approximate surface area is 269 Å². The van der Waals surface area contributed by atoms with E-state index in [1.165, 1.54) is 0 Å². The molecule has 46 heavy (non-hydrogen) atoms. The van der Waals surface area contributed by atoms with Crippen LogP contribution >= 0.6 is 0 Å². The molecule has 0 spiro atoms. The van der Waals surface area contributed by atoms with Crippen LogP contribution < -0.4 is 10.9 Å². The lowest BCUT2D eigenvalue weighted by molar-refractivity contribution is 0.605. The number of nitrogens with one attached hydrogen (secondary N) is 1. The third-order valence-electron chi connectivity index (χ3n) is 6.91. The van der Waals surface area contributed by atoms with Crippen molar-refractivity contribution in [3.63, 3.8) is 0 Å². The number of allylic oxidation sites excluding steroid dienone is 1. The fourth-order valence-electron chi connectivity index (χ4n) is 4.93. The third kappa shape index (κ3) is 7.11. The molecule has 0 atom stereocenters. The van der Waals surface area contributed by atoms with Crippen molar-refractivity contribution in [1.29, 1.82) is 5.26 Å². The topological polar surface area (TPSA) is 84.1 Å². The SMILES string of the molecule is C/C(C#N)=C\c1oc2ccccc2c1Nc1ccccc1.CC.CC.Cc1cc2oc3ccccc3c2n(-c2ccccc2)c1=O. The van der Waals surface area contributed by atoms with Gasteiger partial charge in [-0.2, -0.15) is 5.26 Å². The van der Waals surface area contributed by atoms with Gasteiger partial charge >= 0.3 is 0 Å². The summed E-state index contributed by atoms with van der Waals surface area (Å²) in [5.74, 6) is 0.666. The van der Waals surface area contributed by atoms with Crippen LogP contribution in [0, 0.1) is 18.3 Å². The number of fused-ring (bicyclic) bond motifs is 4. The minimum Gasteiger partial charge on any atom is -0.454 e. The van der Waals surface area contributed by atoms with E-state index in [0.717, 1.165) is 50.1 Å². The Kier molecular flexibility index (Phi) is 11.4. The number of benzene rings is 4. The highest BCUT2D eigenvalue weighted by Crippen LogP contribution is 2.34. The Morgan fingerprint density at radius 3 is 1.91 bits per heavy atom. The highest BCUT2D eigenvalue weighted by Gasteiger charge is 2.15. The van der Waals surface area contributed by atoms with Crippen LogP contribution in [-0.2, 0) is 0 Å². The van der Waals surface area contributed by atoms with Gasteiger partial charge in [0.2, 0.25) is 0 Å². The standard InChI is InChI=1S/C18H14N2O.C18H13NO2.2C2H6/c1-13(12-19)11-17-18(20-14-7-3-2-4-8-14)15-9-5-6-10-16(15)21-17;1-12-11-16-17(14-9-5-6-10-15(14)21-16)19(18(12)20)13-7-3-2-4-8-13;2*1-2/h2-11,20H,1H3;2-11H,1H3;2*1-2H3/b13-11+;;;. The zero-order valence-electron chi connectivity index (χ0n) is 27.2. The Morgan fingerprint density at radius 2 is 1.28 bits per heavy atom. The van der Waals surface area contributed by atoms with Crippen molar-refractivity contribution in [3.05, 3.63) is 143 Å². The van der Waals surface area contributed by atoms with Gasteiger partial charge in [-0.25, -0.2) is 0 Å². The first kappa shape index (κ1) is 33.1. The summed E-state index contributed by atoms with van der Waals surface area (Å²) in [6.45, 7) is 11.6. The highest BCUT2D eigenvalue weighted by molar-refractivity contribution is 6.03. The molecule has 0 amide bonds. The van der Waals surface area contributed by atoms with Crippen LogP contribution in [0.2, 0.25) is 0 Å². The lowest BCUT2D eigenvalue weighted by atomic mass is 10.2. The molecule has 0 fully saturated rings. The van der Waals surface area contributed by atoms with Crippen molar-refractivity contribution in [1.82, 2.24) is 4.57 Å². The van der Waals surface area contributed by atoms with Crippen LogP contribution in [0.25, 0.3) is 44.8 Å². The average molecular weight is 610 g/mol. The second-order valence-electron chi connectivity index (χ2n) is 9.88. The minimum atomic E-state index is -0.0137. The van der Waals surface area contributed by atoms with Crippen molar-refractivity contribution in [2.24, 2.45) is 0 Å². The Balaban J connectivity index is 0.000000189. The summed E-state index contributed by atoms with van der Waals surface area (Å²) in [5.41, 5.74) is 7.12.